The lowest BCUT2D eigenvalue weighted by Crippen LogP contribution is -2.36. The third-order valence-electron chi connectivity index (χ3n) is 3.43. The molecule has 6 nitrogen and oxygen atoms in total. The molecule has 3 N–H and O–H groups in total. The fourth-order valence-electron chi connectivity index (χ4n) is 2.41. The highest BCUT2D eigenvalue weighted by atomic mass is 32.1. The highest BCUT2D eigenvalue weighted by Crippen LogP contribution is 2.39. The molecule has 0 bridgehead atoms. The van der Waals surface area contributed by atoms with E-state index in [2.05, 4.69) is 5.32 Å². The van der Waals surface area contributed by atoms with Crippen molar-refractivity contribution in [3.63, 3.8) is 0 Å². The second-order valence-electron chi connectivity index (χ2n) is 4.73. The molecule has 0 saturated heterocycles. The van der Waals surface area contributed by atoms with E-state index < -0.39 is 6.10 Å². The topological polar surface area (TPSA) is 90.7 Å². The van der Waals surface area contributed by atoms with Crippen molar-refractivity contribution in [2.45, 2.75) is 32.3 Å². The van der Waals surface area contributed by atoms with Gasteiger partial charge in [-0.05, 0) is 31.7 Å². The molecule has 1 aliphatic carbocycles. The molecule has 0 spiro atoms. The van der Waals surface area contributed by atoms with Gasteiger partial charge in [-0.1, -0.05) is 0 Å². The number of hydrogen-bond donors (Lipinski definition) is 2. The molecule has 1 aromatic rings. The van der Waals surface area contributed by atoms with E-state index >= 15 is 0 Å². The smallest absolute Gasteiger partial charge is 0.341 e. The molecule has 0 radical (unpaired) electrons. The first kappa shape index (κ1) is 15.9. The van der Waals surface area contributed by atoms with E-state index in [-0.39, 0.29) is 18.4 Å². The highest BCUT2D eigenvalue weighted by molar-refractivity contribution is 7.17. The van der Waals surface area contributed by atoms with E-state index in [1.54, 1.807) is 6.92 Å². The van der Waals surface area contributed by atoms with Gasteiger partial charge in [0.2, 0.25) is 0 Å². The van der Waals surface area contributed by atoms with Crippen LogP contribution < -0.4 is 11.1 Å². The van der Waals surface area contributed by atoms with Gasteiger partial charge in [0.15, 0.2) is 0 Å². The number of aryl methyl sites for hydroxylation is 1. The molecule has 7 heteroatoms. The van der Waals surface area contributed by atoms with Gasteiger partial charge in [-0.25, -0.2) is 4.79 Å². The summed E-state index contributed by atoms with van der Waals surface area (Å²) < 4.78 is 10.1. The minimum atomic E-state index is -0.725. The Morgan fingerprint density at radius 3 is 2.81 bits per heavy atom. The number of methoxy groups -OCH3 is 1. The van der Waals surface area contributed by atoms with Crippen LogP contribution >= 0.6 is 11.3 Å². The number of hydrogen-bond acceptors (Lipinski definition) is 6. The molecule has 0 fully saturated rings. The zero-order valence-corrected chi connectivity index (χ0v) is 13.0. The van der Waals surface area contributed by atoms with Gasteiger partial charge in [0.25, 0.3) is 5.91 Å². The van der Waals surface area contributed by atoms with Crippen LogP contribution in [0.3, 0.4) is 0 Å². The normalized spacial score (nSPS) is 14.6. The maximum atomic E-state index is 12.2. The van der Waals surface area contributed by atoms with E-state index in [4.69, 9.17) is 15.2 Å². The highest BCUT2D eigenvalue weighted by Gasteiger charge is 2.29. The van der Waals surface area contributed by atoms with Crippen molar-refractivity contribution in [3.8, 4) is 0 Å². The van der Waals surface area contributed by atoms with Gasteiger partial charge in [-0.2, -0.15) is 0 Å². The average molecular weight is 312 g/mol. The molecule has 116 valence electrons. The molecule has 0 aromatic carbocycles. The first-order valence-corrected chi connectivity index (χ1v) is 7.79. The molecular formula is C14H20N2O4S. The van der Waals surface area contributed by atoms with Crippen molar-refractivity contribution in [1.82, 2.24) is 0 Å². The van der Waals surface area contributed by atoms with Crippen molar-refractivity contribution in [2.75, 3.05) is 25.6 Å². The molecule has 1 heterocycles. The van der Waals surface area contributed by atoms with Crippen molar-refractivity contribution < 1.29 is 19.1 Å². The fraction of sp³-hybridized carbons (Fsp3) is 0.571. The zero-order valence-electron chi connectivity index (χ0n) is 12.2. The number of nitrogens with two attached hydrogens (primary N) is 1. The number of fused-ring (bicyclic) bond motifs is 1. The number of carbonyl (C=O) groups is 2. The Kier molecular flexibility index (Phi) is 5.33. The summed E-state index contributed by atoms with van der Waals surface area (Å²) in [6.45, 7) is 2.15. The molecule has 1 atom stereocenters. The molecule has 0 saturated carbocycles. The van der Waals surface area contributed by atoms with Gasteiger partial charge in [0, 0.05) is 18.5 Å². The molecule has 1 unspecified atom stereocenters. The maximum Gasteiger partial charge on any atom is 0.341 e. The van der Waals surface area contributed by atoms with Gasteiger partial charge in [-0.15, -0.1) is 11.3 Å². The minimum Gasteiger partial charge on any atom is -0.462 e. The Bertz CT molecular complexity index is 537. The van der Waals surface area contributed by atoms with Crippen LogP contribution in [0.4, 0.5) is 5.00 Å². The molecule has 1 aliphatic rings. The Labute approximate surface area is 127 Å². The molecule has 1 amide bonds. The number of anilines is 1. The number of rotatable bonds is 6. The van der Waals surface area contributed by atoms with Crippen molar-refractivity contribution in [1.29, 1.82) is 0 Å². The van der Waals surface area contributed by atoms with Crippen molar-refractivity contribution >= 4 is 28.2 Å². The summed E-state index contributed by atoms with van der Waals surface area (Å²) in [4.78, 5) is 25.4. The van der Waals surface area contributed by atoms with E-state index in [1.807, 2.05) is 0 Å². The van der Waals surface area contributed by atoms with Crippen molar-refractivity contribution in [2.24, 2.45) is 5.73 Å². The Morgan fingerprint density at radius 1 is 1.43 bits per heavy atom. The third-order valence-corrected chi connectivity index (χ3v) is 4.64. The van der Waals surface area contributed by atoms with Gasteiger partial charge in [0.1, 0.15) is 11.1 Å². The van der Waals surface area contributed by atoms with Crippen LogP contribution in [0.2, 0.25) is 0 Å². The predicted molar refractivity (Wildman–Crippen MR) is 80.8 cm³/mol. The largest absolute Gasteiger partial charge is 0.462 e. The minimum absolute atomic E-state index is 0.0855. The summed E-state index contributed by atoms with van der Waals surface area (Å²) in [7, 11) is 1.43. The first-order chi connectivity index (χ1) is 10.1. The standard InChI is InChI=1S/C14H20N2O4S/c1-3-20-14(18)11-8-5-4-6-10(8)21-13(11)16-12(17)9(7-15)19-2/h9H,3-7,15H2,1-2H3,(H,16,17). The lowest BCUT2D eigenvalue weighted by atomic mass is 10.1. The number of esters is 1. The van der Waals surface area contributed by atoms with Gasteiger partial charge < -0.3 is 20.5 Å². The Balaban J connectivity index is 2.27. The second-order valence-corrected chi connectivity index (χ2v) is 5.84. The number of nitrogens with one attached hydrogen (secondary N) is 1. The van der Waals surface area contributed by atoms with Crippen LogP contribution in [-0.4, -0.2) is 38.2 Å². The summed E-state index contributed by atoms with van der Waals surface area (Å²) in [5.41, 5.74) is 6.99. The van der Waals surface area contributed by atoms with E-state index in [9.17, 15) is 9.59 Å². The lowest BCUT2D eigenvalue weighted by Gasteiger charge is -2.13. The quantitative estimate of drug-likeness (QED) is 0.773. The number of thiophene rings is 1. The monoisotopic (exact) mass is 312 g/mol. The summed E-state index contributed by atoms with van der Waals surface area (Å²) in [5, 5.41) is 3.30. The van der Waals surface area contributed by atoms with Crippen LogP contribution in [0.25, 0.3) is 0 Å². The third kappa shape index (κ3) is 3.25. The van der Waals surface area contributed by atoms with Crippen LogP contribution in [-0.2, 0) is 27.1 Å². The molecular weight excluding hydrogens is 292 g/mol. The Hall–Kier alpha value is -1.44. The maximum absolute atomic E-state index is 12.2. The van der Waals surface area contributed by atoms with Crippen LogP contribution in [0.5, 0.6) is 0 Å². The SMILES string of the molecule is CCOC(=O)c1c(NC(=O)C(CN)OC)sc2c1CCC2. The number of carbonyl (C=O) groups excluding carboxylic acids is 2. The average Bonchev–Trinajstić information content (AvgIpc) is 3.00. The van der Waals surface area contributed by atoms with E-state index in [0.717, 1.165) is 29.7 Å². The lowest BCUT2D eigenvalue weighted by molar-refractivity contribution is -0.125. The van der Waals surface area contributed by atoms with Gasteiger partial charge >= 0.3 is 5.97 Å². The fourth-order valence-corrected chi connectivity index (χ4v) is 3.69. The van der Waals surface area contributed by atoms with E-state index in [0.29, 0.717) is 17.2 Å². The summed E-state index contributed by atoms with van der Waals surface area (Å²) in [6.07, 6.45) is 2.09. The summed E-state index contributed by atoms with van der Waals surface area (Å²) in [6, 6.07) is 0. The predicted octanol–water partition coefficient (Wildman–Crippen LogP) is 1.33. The van der Waals surface area contributed by atoms with Crippen molar-refractivity contribution in [3.05, 3.63) is 16.0 Å². The van der Waals surface area contributed by atoms with Gasteiger partial charge in [-0.3, -0.25) is 4.79 Å². The summed E-state index contributed by atoms with van der Waals surface area (Å²) in [5.74, 6) is -0.723. The molecule has 21 heavy (non-hydrogen) atoms. The molecule has 1 aromatic heterocycles. The zero-order chi connectivity index (χ0) is 15.4. The molecule has 0 aliphatic heterocycles. The molecule has 2 rings (SSSR count). The van der Waals surface area contributed by atoms with Crippen LogP contribution in [0.15, 0.2) is 0 Å². The first-order valence-electron chi connectivity index (χ1n) is 6.97. The van der Waals surface area contributed by atoms with Crippen LogP contribution in [0, 0.1) is 0 Å². The number of amides is 1. The number of ether oxygens (including phenoxy) is 2. The van der Waals surface area contributed by atoms with Gasteiger partial charge in [0.05, 0.1) is 12.2 Å². The van der Waals surface area contributed by atoms with E-state index in [1.165, 1.54) is 18.4 Å². The Morgan fingerprint density at radius 2 is 2.19 bits per heavy atom. The summed E-state index contributed by atoms with van der Waals surface area (Å²) >= 11 is 1.44. The van der Waals surface area contributed by atoms with Crippen LogP contribution in [0.1, 0.15) is 34.1 Å². The second kappa shape index (κ2) is 7.02.